The minimum Gasteiger partial charge on any atom is -0.0698 e. The van der Waals surface area contributed by atoms with E-state index in [1.807, 2.05) is 34.0 Å². The molecule has 0 spiro atoms. The fourth-order valence-corrected chi connectivity index (χ4v) is 69.2. The van der Waals surface area contributed by atoms with E-state index in [1.165, 1.54) is 0 Å². The van der Waals surface area contributed by atoms with Gasteiger partial charge in [-0.25, -0.2) is 0 Å². The Balaban J connectivity index is 2.03. The number of rotatable bonds is 0. The maximum absolute atomic E-state index is 2.79. The molecule has 4 fully saturated rings. The SMILES string of the molecule is C[Si]12C[SiH]3C[Si](C)(C1)C[Si](C)(C3)C2. The van der Waals surface area contributed by atoms with Crippen LogP contribution in [0.1, 0.15) is 0 Å². The zero-order valence-electron chi connectivity index (χ0n) is 9.32. The maximum Gasteiger partial charge on any atom is 0.0423 e. The van der Waals surface area contributed by atoms with Gasteiger partial charge in [0.25, 0.3) is 0 Å². The molecular weight excluding hydrogens is 220 g/mol. The van der Waals surface area contributed by atoms with Crippen molar-refractivity contribution in [2.45, 2.75) is 53.6 Å². The van der Waals surface area contributed by atoms with Gasteiger partial charge in [0.2, 0.25) is 0 Å². The summed E-state index contributed by atoms with van der Waals surface area (Å²) >= 11 is 0. The Morgan fingerprint density at radius 2 is 1.00 bits per heavy atom. The molecule has 0 nitrogen and oxygen atoms in total. The van der Waals surface area contributed by atoms with Gasteiger partial charge in [0.1, 0.15) is 0 Å². The predicted molar refractivity (Wildman–Crippen MR) is 70.8 cm³/mol. The first-order valence-electron chi connectivity index (χ1n) is 5.91. The van der Waals surface area contributed by atoms with E-state index in [-0.39, 0.29) is 8.80 Å². The van der Waals surface area contributed by atoms with E-state index in [2.05, 4.69) is 19.6 Å². The minimum absolute atomic E-state index is 0.101. The fraction of sp³-hybridized carbons (Fsp3) is 1.00. The van der Waals surface area contributed by atoms with Gasteiger partial charge in [0.15, 0.2) is 0 Å². The summed E-state index contributed by atoms with van der Waals surface area (Å²) < 4.78 is 0. The first-order valence-corrected chi connectivity index (χ1v) is 17.7. The molecule has 0 N–H and O–H groups in total. The molecule has 0 aromatic carbocycles. The molecule has 0 aliphatic carbocycles. The lowest BCUT2D eigenvalue weighted by Crippen LogP contribution is -2.70. The van der Waals surface area contributed by atoms with Gasteiger partial charge in [0, 0.05) is 33.0 Å². The van der Waals surface area contributed by atoms with Crippen LogP contribution >= 0.6 is 0 Å². The number of hydrogen-bond donors (Lipinski definition) is 0. The van der Waals surface area contributed by atoms with E-state index in [1.54, 1.807) is 0 Å². The van der Waals surface area contributed by atoms with Crippen LogP contribution in [0.15, 0.2) is 0 Å². The molecule has 0 amide bonds. The lowest BCUT2D eigenvalue weighted by atomic mass is 11.6. The van der Waals surface area contributed by atoms with Crippen molar-refractivity contribution in [2.24, 2.45) is 0 Å². The summed E-state index contributed by atoms with van der Waals surface area (Å²) in [5, 5.41) is 0. The lowest BCUT2D eigenvalue weighted by molar-refractivity contribution is 1.20. The first kappa shape index (κ1) is 9.12. The van der Waals surface area contributed by atoms with Crippen molar-refractivity contribution < 1.29 is 0 Å². The third-order valence-electron chi connectivity index (χ3n) is 4.91. The molecule has 0 radical (unpaired) electrons. The lowest BCUT2D eigenvalue weighted by Gasteiger charge is -2.62. The van der Waals surface area contributed by atoms with Gasteiger partial charge in [-0.1, -0.05) is 53.6 Å². The molecular formula is C9H22Si4. The van der Waals surface area contributed by atoms with Crippen molar-refractivity contribution in [3.8, 4) is 0 Å². The zero-order chi connectivity index (χ0) is 9.32. The summed E-state index contributed by atoms with van der Waals surface area (Å²) in [4.78, 5) is 0. The molecule has 4 rings (SSSR count). The average Bonchev–Trinajstić information content (AvgIpc) is 1.71. The third-order valence-corrected chi connectivity index (χ3v) is 44.1. The van der Waals surface area contributed by atoms with Gasteiger partial charge >= 0.3 is 0 Å². The van der Waals surface area contributed by atoms with Crippen LogP contribution in [0.25, 0.3) is 0 Å². The summed E-state index contributed by atoms with van der Waals surface area (Å²) in [6.07, 6.45) is 0. The number of hydrogen-bond acceptors (Lipinski definition) is 0. The monoisotopic (exact) mass is 242 g/mol. The van der Waals surface area contributed by atoms with Crippen LogP contribution in [0, 0.1) is 0 Å². The molecule has 74 valence electrons. The Hall–Kier alpha value is 0.868. The van der Waals surface area contributed by atoms with E-state index in [4.69, 9.17) is 0 Å². The molecule has 4 heteroatoms. The van der Waals surface area contributed by atoms with Gasteiger partial charge < -0.3 is 0 Å². The molecule has 0 atom stereocenters. The van der Waals surface area contributed by atoms with E-state index < -0.39 is 24.2 Å². The zero-order valence-corrected chi connectivity index (χ0v) is 13.5. The molecule has 0 saturated carbocycles. The van der Waals surface area contributed by atoms with Crippen LogP contribution in [-0.4, -0.2) is 33.0 Å². The van der Waals surface area contributed by atoms with Crippen LogP contribution in [-0.2, 0) is 0 Å². The van der Waals surface area contributed by atoms with Crippen LogP contribution in [0.3, 0.4) is 0 Å². The van der Waals surface area contributed by atoms with Gasteiger partial charge in [-0.2, -0.15) is 0 Å². The van der Waals surface area contributed by atoms with Crippen molar-refractivity contribution in [1.82, 2.24) is 0 Å². The summed E-state index contributed by atoms with van der Waals surface area (Å²) in [7, 11) is -1.78. The first-order chi connectivity index (χ1) is 5.91. The molecule has 0 aromatic heterocycles. The molecule has 4 aliphatic rings. The topological polar surface area (TPSA) is 0 Å². The largest absolute Gasteiger partial charge is 0.0698 e. The van der Waals surface area contributed by atoms with Crippen LogP contribution in [0.4, 0.5) is 0 Å². The van der Waals surface area contributed by atoms with Crippen LogP contribution < -0.4 is 0 Å². The van der Waals surface area contributed by atoms with Crippen molar-refractivity contribution in [3.05, 3.63) is 0 Å². The molecule has 4 aliphatic heterocycles. The highest BCUT2D eigenvalue weighted by molar-refractivity contribution is 7.25. The highest BCUT2D eigenvalue weighted by atomic mass is 28.5. The normalized spacial score (nSPS) is 64.4. The second-order valence-corrected chi connectivity index (χ2v) is 29.2. The summed E-state index contributed by atoms with van der Waals surface area (Å²) in [6, 6.07) is 0. The summed E-state index contributed by atoms with van der Waals surface area (Å²) in [5.41, 5.74) is 11.3. The standard InChI is InChI=1S/C9H22Si4/c1-11-4-10-5-12(2,7-11)9-13(3,6-10)8-11/h10H,4-9H2,1-3H3. The van der Waals surface area contributed by atoms with Crippen LogP contribution in [0.2, 0.25) is 53.6 Å². The minimum atomic E-state index is -0.560. The van der Waals surface area contributed by atoms with E-state index >= 15 is 0 Å². The molecule has 13 heavy (non-hydrogen) atoms. The second kappa shape index (κ2) is 2.33. The van der Waals surface area contributed by atoms with E-state index in [0.717, 1.165) is 0 Å². The highest BCUT2D eigenvalue weighted by Gasteiger charge is 2.60. The van der Waals surface area contributed by atoms with E-state index in [0.29, 0.717) is 0 Å². The molecule has 0 aromatic rings. The Morgan fingerprint density at radius 1 is 0.692 bits per heavy atom. The van der Waals surface area contributed by atoms with Gasteiger partial charge in [-0.15, -0.1) is 0 Å². The van der Waals surface area contributed by atoms with Gasteiger partial charge in [-0.05, 0) is 0 Å². The molecule has 4 heterocycles. The van der Waals surface area contributed by atoms with Crippen molar-refractivity contribution >= 4 is 33.0 Å². The second-order valence-electron chi connectivity index (χ2n) is 7.44. The Morgan fingerprint density at radius 3 is 1.23 bits per heavy atom. The van der Waals surface area contributed by atoms with Crippen molar-refractivity contribution in [2.75, 3.05) is 0 Å². The molecule has 0 unspecified atom stereocenters. The summed E-state index contributed by atoms with van der Waals surface area (Å²) in [6.45, 7) is 8.38. The fourth-order valence-electron chi connectivity index (χ4n) is 6.02. The van der Waals surface area contributed by atoms with E-state index in [9.17, 15) is 0 Å². The quantitative estimate of drug-likeness (QED) is 0.573. The maximum atomic E-state index is 2.79. The van der Waals surface area contributed by atoms with Crippen molar-refractivity contribution in [3.63, 3.8) is 0 Å². The molecule has 4 saturated heterocycles. The van der Waals surface area contributed by atoms with Gasteiger partial charge in [-0.3, -0.25) is 0 Å². The van der Waals surface area contributed by atoms with Gasteiger partial charge in [0.05, 0.1) is 0 Å². The summed E-state index contributed by atoms with van der Waals surface area (Å²) in [5.74, 6) is 0. The Kier molecular flexibility index (Phi) is 1.64. The average molecular weight is 243 g/mol. The van der Waals surface area contributed by atoms with Crippen LogP contribution in [0.5, 0.6) is 0 Å². The third kappa shape index (κ3) is 1.32. The molecule has 4 bridgehead atoms. The predicted octanol–water partition coefficient (Wildman–Crippen LogP) is 2.73. The smallest absolute Gasteiger partial charge is 0.0423 e. The highest BCUT2D eigenvalue weighted by Crippen LogP contribution is 2.55. The van der Waals surface area contributed by atoms with Crippen molar-refractivity contribution in [1.29, 1.82) is 0 Å². The Labute approximate surface area is 86.8 Å². The Bertz CT molecular complexity index is 214.